The number of rotatable bonds is 5. The summed E-state index contributed by atoms with van der Waals surface area (Å²) >= 11 is 0. The van der Waals surface area contributed by atoms with Crippen molar-refractivity contribution in [1.82, 2.24) is 5.32 Å². The molecule has 0 saturated heterocycles. The van der Waals surface area contributed by atoms with E-state index in [4.69, 9.17) is 5.11 Å². The predicted molar refractivity (Wildman–Crippen MR) is 66.6 cm³/mol. The second-order valence-electron chi connectivity index (χ2n) is 4.13. The average Bonchev–Trinajstić information content (AvgIpc) is 2.31. The standard InChI is InChI=1S/C13H17NO4/c1-3-9(7-12(16)17)14-13(18)10-5-4-6-11(15)8(10)2/h4-6,9,15H,3,7H2,1-2H3,(H,14,18)(H,16,17). The maximum Gasteiger partial charge on any atom is 0.305 e. The molecule has 1 rings (SSSR count). The van der Waals surface area contributed by atoms with Crippen LogP contribution in [-0.4, -0.2) is 28.1 Å². The summed E-state index contributed by atoms with van der Waals surface area (Å²) in [6, 6.07) is 4.27. The lowest BCUT2D eigenvalue weighted by Gasteiger charge is -2.16. The highest BCUT2D eigenvalue weighted by Crippen LogP contribution is 2.19. The fourth-order valence-electron chi connectivity index (χ4n) is 1.64. The van der Waals surface area contributed by atoms with Gasteiger partial charge in [0.15, 0.2) is 0 Å². The maximum atomic E-state index is 12.0. The molecule has 0 fully saturated rings. The molecule has 0 radical (unpaired) electrons. The van der Waals surface area contributed by atoms with Crippen LogP contribution in [0.2, 0.25) is 0 Å². The second-order valence-corrected chi connectivity index (χ2v) is 4.13. The molecule has 1 aromatic carbocycles. The molecule has 1 amide bonds. The Morgan fingerprint density at radius 2 is 2.06 bits per heavy atom. The molecule has 18 heavy (non-hydrogen) atoms. The van der Waals surface area contributed by atoms with Crippen LogP contribution in [0.1, 0.15) is 35.7 Å². The van der Waals surface area contributed by atoms with Crippen molar-refractivity contribution in [2.75, 3.05) is 0 Å². The van der Waals surface area contributed by atoms with Crippen molar-refractivity contribution in [2.45, 2.75) is 32.7 Å². The van der Waals surface area contributed by atoms with Crippen LogP contribution in [0.15, 0.2) is 18.2 Å². The van der Waals surface area contributed by atoms with E-state index in [1.165, 1.54) is 6.07 Å². The number of hydrogen-bond acceptors (Lipinski definition) is 3. The van der Waals surface area contributed by atoms with Crippen molar-refractivity contribution < 1.29 is 19.8 Å². The largest absolute Gasteiger partial charge is 0.508 e. The fourth-order valence-corrected chi connectivity index (χ4v) is 1.64. The van der Waals surface area contributed by atoms with Crippen LogP contribution in [0.5, 0.6) is 5.75 Å². The quantitative estimate of drug-likeness (QED) is 0.743. The zero-order chi connectivity index (χ0) is 13.7. The van der Waals surface area contributed by atoms with E-state index in [2.05, 4.69) is 5.32 Å². The zero-order valence-corrected chi connectivity index (χ0v) is 10.4. The Kier molecular flexibility index (Phi) is 4.71. The predicted octanol–water partition coefficient (Wildman–Crippen LogP) is 1.68. The van der Waals surface area contributed by atoms with Crippen molar-refractivity contribution in [3.63, 3.8) is 0 Å². The smallest absolute Gasteiger partial charge is 0.305 e. The molecule has 0 aromatic heterocycles. The molecular weight excluding hydrogens is 234 g/mol. The summed E-state index contributed by atoms with van der Waals surface area (Å²) in [5, 5.41) is 20.9. The molecule has 5 nitrogen and oxygen atoms in total. The van der Waals surface area contributed by atoms with Crippen LogP contribution in [-0.2, 0) is 4.79 Å². The monoisotopic (exact) mass is 251 g/mol. The summed E-state index contributed by atoms with van der Waals surface area (Å²) in [5.41, 5.74) is 0.846. The number of carboxylic acid groups (broad SMARTS) is 1. The summed E-state index contributed by atoms with van der Waals surface area (Å²) < 4.78 is 0. The van der Waals surface area contributed by atoms with Crippen molar-refractivity contribution in [3.05, 3.63) is 29.3 Å². The minimum atomic E-state index is -0.949. The van der Waals surface area contributed by atoms with E-state index in [1.807, 2.05) is 6.92 Å². The Morgan fingerprint density at radius 3 is 2.61 bits per heavy atom. The highest BCUT2D eigenvalue weighted by molar-refractivity contribution is 5.96. The zero-order valence-electron chi connectivity index (χ0n) is 10.4. The number of amides is 1. The Morgan fingerprint density at radius 1 is 1.39 bits per heavy atom. The number of nitrogens with one attached hydrogen (secondary N) is 1. The van der Waals surface area contributed by atoms with Crippen molar-refractivity contribution in [1.29, 1.82) is 0 Å². The molecule has 5 heteroatoms. The SMILES string of the molecule is CCC(CC(=O)O)NC(=O)c1cccc(O)c1C. The van der Waals surface area contributed by atoms with E-state index < -0.39 is 12.0 Å². The molecule has 1 atom stereocenters. The van der Waals surface area contributed by atoms with Crippen LogP contribution >= 0.6 is 0 Å². The Labute approximate surface area is 105 Å². The van der Waals surface area contributed by atoms with E-state index in [-0.39, 0.29) is 18.1 Å². The van der Waals surface area contributed by atoms with Gasteiger partial charge in [0.25, 0.3) is 5.91 Å². The van der Waals surface area contributed by atoms with Gasteiger partial charge in [-0.3, -0.25) is 9.59 Å². The molecule has 1 unspecified atom stereocenters. The molecular formula is C13H17NO4. The molecule has 98 valence electrons. The van der Waals surface area contributed by atoms with Gasteiger partial charge in [-0.25, -0.2) is 0 Å². The van der Waals surface area contributed by atoms with Crippen LogP contribution in [0.4, 0.5) is 0 Å². The van der Waals surface area contributed by atoms with E-state index in [9.17, 15) is 14.7 Å². The van der Waals surface area contributed by atoms with Gasteiger partial charge in [-0.1, -0.05) is 13.0 Å². The van der Waals surface area contributed by atoms with Gasteiger partial charge < -0.3 is 15.5 Å². The summed E-state index contributed by atoms with van der Waals surface area (Å²) in [7, 11) is 0. The molecule has 0 aliphatic rings. The molecule has 0 aliphatic heterocycles. The first-order valence-corrected chi connectivity index (χ1v) is 5.77. The van der Waals surface area contributed by atoms with E-state index >= 15 is 0 Å². The van der Waals surface area contributed by atoms with Gasteiger partial charge >= 0.3 is 5.97 Å². The molecule has 0 heterocycles. The van der Waals surface area contributed by atoms with E-state index in [0.717, 1.165) is 0 Å². The van der Waals surface area contributed by atoms with Gasteiger partial charge in [-0.15, -0.1) is 0 Å². The number of carboxylic acids is 1. The van der Waals surface area contributed by atoms with Crippen molar-refractivity contribution in [3.8, 4) is 5.75 Å². The highest BCUT2D eigenvalue weighted by Gasteiger charge is 2.17. The topological polar surface area (TPSA) is 86.6 Å². The first kappa shape index (κ1) is 14.0. The highest BCUT2D eigenvalue weighted by atomic mass is 16.4. The summed E-state index contributed by atoms with van der Waals surface area (Å²) in [5.74, 6) is -1.26. The lowest BCUT2D eigenvalue weighted by atomic mass is 10.1. The minimum Gasteiger partial charge on any atom is -0.508 e. The van der Waals surface area contributed by atoms with Crippen LogP contribution in [0.3, 0.4) is 0 Å². The molecule has 3 N–H and O–H groups in total. The van der Waals surface area contributed by atoms with E-state index in [0.29, 0.717) is 17.5 Å². The number of carbonyl (C=O) groups excluding carboxylic acids is 1. The molecule has 0 bridgehead atoms. The Bertz CT molecular complexity index is 456. The fraction of sp³-hybridized carbons (Fsp3) is 0.385. The number of benzene rings is 1. The number of hydrogen-bond donors (Lipinski definition) is 3. The summed E-state index contributed by atoms with van der Waals surface area (Å²) in [6.45, 7) is 3.45. The molecule has 0 saturated carbocycles. The van der Waals surface area contributed by atoms with Crippen LogP contribution < -0.4 is 5.32 Å². The van der Waals surface area contributed by atoms with Crippen molar-refractivity contribution in [2.24, 2.45) is 0 Å². The third-order valence-electron chi connectivity index (χ3n) is 2.80. The number of phenolic OH excluding ortho intramolecular Hbond substituents is 1. The lowest BCUT2D eigenvalue weighted by molar-refractivity contribution is -0.137. The third-order valence-corrected chi connectivity index (χ3v) is 2.80. The first-order valence-electron chi connectivity index (χ1n) is 5.77. The second kappa shape index (κ2) is 6.05. The lowest BCUT2D eigenvalue weighted by Crippen LogP contribution is -2.36. The molecule has 1 aromatic rings. The minimum absolute atomic E-state index is 0.0499. The van der Waals surface area contributed by atoms with Gasteiger partial charge in [-0.2, -0.15) is 0 Å². The number of aromatic hydroxyl groups is 1. The summed E-state index contributed by atoms with van der Waals surface area (Å²) in [4.78, 5) is 22.6. The van der Waals surface area contributed by atoms with Gasteiger partial charge in [0.05, 0.1) is 6.42 Å². The number of phenols is 1. The normalized spacial score (nSPS) is 11.9. The number of carbonyl (C=O) groups is 2. The summed E-state index contributed by atoms with van der Waals surface area (Å²) in [6.07, 6.45) is 0.427. The van der Waals surface area contributed by atoms with Gasteiger partial charge in [0.2, 0.25) is 0 Å². The maximum absolute atomic E-state index is 12.0. The van der Waals surface area contributed by atoms with Crippen molar-refractivity contribution >= 4 is 11.9 Å². The Hall–Kier alpha value is -2.04. The molecule has 0 spiro atoms. The van der Waals surface area contributed by atoms with E-state index in [1.54, 1.807) is 19.1 Å². The van der Waals surface area contributed by atoms with Gasteiger partial charge in [-0.05, 0) is 25.5 Å². The van der Waals surface area contributed by atoms with Gasteiger partial charge in [0.1, 0.15) is 5.75 Å². The average molecular weight is 251 g/mol. The number of aliphatic carboxylic acids is 1. The third kappa shape index (κ3) is 3.48. The van der Waals surface area contributed by atoms with Gasteiger partial charge in [0, 0.05) is 17.2 Å². The molecule has 0 aliphatic carbocycles. The van der Waals surface area contributed by atoms with Crippen LogP contribution in [0, 0.1) is 6.92 Å². The van der Waals surface area contributed by atoms with Crippen LogP contribution in [0.25, 0.3) is 0 Å². The first-order chi connectivity index (χ1) is 8.45. The Balaban J connectivity index is 2.81.